The van der Waals surface area contributed by atoms with E-state index in [1.165, 1.54) is 6.33 Å². The molecule has 0 spiro atoms. The molecule has 8 nitrogen and oxygen atoms in total. The van der Waals surface area contributed by atoms with Gasteiger partial charge in [0.15, 0.2) is 9.84 Å². The minimum Gasteiger partial charge on any atom is -0.497 e. The highest BCUT2D eigenvalue weighted by Crippen LogP contribution is 2.20. The molecule has 4 aromatic rings. The Balaban J connectivity index is 1.34. The molecule has 4 rings (SSSR count). The molecule has 32 heavy (non-hydrogen) atoms. The number of ether oxygens (including phenoxy) is 1. The van der Waals surface area contributed by atoms with E-state index in [1.807, 2.05) is 48.5 Å². The molecule has 0 aliphatic carbocycles. The Morgan fingerprint density at radius 1 is 1.03 bits per heavy atom. The molecule has 164 valence electrons. The van der Waals surface area contributed by atoms with Gasteiger partial charge in [0.1, 0.15) is 12.1 Å². The number of nitrogens with one attached hydrogen (secondary N) is 1. The van der Waals surface area contributed by atoms with Crippen LogP contribution in [0.1, 0.15) is 12.0 Å². The van der Waals surface area contributed by atoms with Crippen molar-refractivity contribution >= 4 is 32.5 Å². The van der Waals surface area contributed by atoms with Gasteiger partial charge < -0.3 is 4.74 Å². The van der Waals surface area contributed by atoms with Crippen molar-refractivity contribution in [1.29, 1.82) is 0 Å². The van der Waals surface area contributed by atoms with Crippen LogP contribution in [0.15, 0.2) is 78.0 Å². The molecule has 0 unspecified atom stereocenters. The maximum atomic E-state index is 12.7. The van der Waals surface area contributed by atoms with Gasteiger partial charge in [0, 0.05) is 6.42 Å². The van der Waals surface area contributed by atoms with Crippen molar-refractivity contribution in [3.63, 3.8) is 0 Å². The second-order valence-electron chi connectivity index (χ2n) is 7.24. The third-order valence-corrected chi connectivity index (χ3v) is 6.68. The van der Waals surface area contributed by atoms with Gasteiger partial charge in [-0.3, -0.25) is 10.1 Å². The van der Waals surface area contributed by atoms with Gasteiger partial charge in [-0.15, -0.1) is 5.10 Å². The quantitative estimate of drug-likeness (QED) is 0.442. The summed E-state index contributed by atoms with van der Waals surface area (Å²) in [7, 11) is -1.99. The summed E-state index contributed by atoms with van der Waals surface area (Å²) in [5, 5.41) is 8.57. The molecular weight excluding hydrogens is 428 g/mol. The van der Waals surface area contributed by atoms with E-state index >= 15 is 0 Å². The van der Waals surface area contributed by atoms with E-state index < -0.39 is 15.7 Å². The van der Waals surface area contributed by atoms with Crippen molar-refractivity contribution in [1.82, 2.24) is 14.8 Å². The van der Waals surface area contributed by atoms with Gasteiger partial charge in [-0.05, 0) is 40.6 Å². The van der Waals surface area contributed by atoms with Crippen LogP contribution in [0.2, 0.25) is 0 Å². The number of aromatic nitrogens is 3. The molecule has 1 N–H and O–H groups in total. The second kappa shape index (κ2) is 9.19. The predicted octanol–water partition coefficient (Wildman–Crippen LogP) is 3.29. The Hall–Kier alpha value is -3.72. The summed E-state index contributed by atoms with van der Waals surface area (Å²) >= 11 is 0. The molecule has 3 aromatic carbocycles. The zero-order valence-corrected chi connectivity index (χ0v) is 18.2. The van der Waals surface area contributed by atoms with Crippen LogP contribution in [0.25, 0.3) is 10.8 Å². The maximum absolute atomic E-state index is 12.7. The highest BCUT2D eigenvalue weighted by atomic mass is 32.2. The van der Waals surface area contributed by atoms with Crippen molar-refractivity contribution in [2.75, 3.05) is 18.2 Å². The Labute approximate surface area is 185 Å². The van der Waals surface area contributed by atoms with Gasteiger partial charge in [-0.1, -0.05) is 42.5 Å². The number of nitrogens with zero attached hydrogens (tertiary/aromatic N) is 3. The van der Waals surface area contributed by atoms with Crippen LogP contribution < -0.4 is 10.1 Å². The SMILES string of the molecule is COc1ccc(Cn2cnc(NC(=O)CCS(=O)(=O)c3ccc4ccccc4c3)n2)cc1. The average Bonchev–Trinajstić information content (AvgIpc) is 3.24. The molecule has 0 saturated heterocycles. The molecule has 0 aliphatic rings. The molecule has 0 atom stereocenters. The van der Waals surface area contributed by atoms with Gasteiger partial charge in [0.05, 0.1) is 24.3 Å². The van der Waals surface area contributed by atoms with Crippen LogP contribution >= 0.6 is 0 Å². The molecule has 0 radical (unpaired) electrons. The predicted molar refractivity (Wildman–Crippen MR) is 121 cm³/mol. The molecule has 9 heteroatoms. The van der Waals surface area contributed by atoms with Crippen LogP contribution in [-0.2, 0) is 21.2 Å². The summed E-state index contributed by atoms with van der Waals surface area (Å²) in [5.74, 6) is 0.131. The van der Waals surface area contributed by atoms with Gasteiger partial charge >= 0.3 is 0 Å². The lowest BCUT2D eigenvalue weighted by Gasteiger charge is -2.06. The van der Waals surface area contributed by atoms with Crippen molar-refractivity contribution < 1.29 is 17.9 Å². The van der Waals surface area contributed by atoms with Gasteiger partial charge in [0.25, 0.3) is 0 Å². The van der Waals surface area contributed by atoms with Crippen LogP contribution in [-0.4, -0.2) is 42.0 Å². The third kappa shape index (κ3) is 5.12. The second-order valence-corrected chi connectivity index (χ2v) is 9.35. The van der Waals surface area contributed by atoms with Crippen LogP contribution in [0.4, 0.5) is 5.95 Å². The number of hydrogen-bond acceptors (Lipinski definition) is 6. The number of fused-ring (bicyclic) bond motifs is 1. The number of amides is 1. The molecule has 0 saturated carbocycles. The first-order valence-electron chi connectivity index (χ1n) is 9.97. The fourth-order valence-electron chi connectivity index (χ4n) is 3.24. The lowest BCUT2D eigenvalue weighted by atomic mass is 10.1. The van der Waals surface area contributed by atoms with E-state index in [1.54, 1.807) is 30.0 Å². The highest BCUT2D eigenvalue weighted by molar-refractivity contribution is 7.91. The molecule has 0 fully saturated rings. The fraction of sp³-hybridized carbons (Fsp3) is 0.174. The van der Waals surface area contributed by atoms with Crippen molar-refractivity contribution in [3.8, 4) is 5.75 Å². The summed E-state index contributed by atoms with van der Waals surface area (Å²) < 4.78 is 32.0. The van der Waals surface area contributed by atoms with Crippen LogP contribution in [0.3, 0.4) is 0 Å². The zero-order valence-electron chi connectivity index (χ0n) is 17.4. The lowest BCUT2D eigenvalue weighted by molar-refractivity contribution is -0.115. The Bertz CT molecular complexity index is 1350. The summed E-state index contributed by atoms with van der Waals surface area (Å²) in [4.78, 5) is 16.5. The summed E-state index contributed by atoms with van der Waals surface area (Å²) in [6, 6.07) is 20.0. The van der Waals surface area contributed by atoms with Crippen molar-refractivity contribution in [2.45, 2.75) is 17.9 Å². The molecular formula is C23H22N4O4S. The molecule has 1 heterocycles. The van der Waals surface area contributed by atoms with Crippen molar-refractivity contribution in [2.24, 2.45) is 0 Å². The van der Waals surface area contributed by atoms with E-state index in [4.69, 9.17) is 4.74 Å². The minimum absolute atomic E-state index is 0.131. The highest BCUT2D eigenvalue weighted by Gasteiger charge is 2.18. The zero-order chi connectivity index (χ0) is 22.6. The molecule has 0 aliphatic heterocycles. The summed E-state index contributed by atoms with van der Waals surface area (Å²) in [6.07, 6.45) is 1.31. The fourth-order valence-corrected chi connectivity index (χ4v) is 4.51. The van der Waals surface area contributed by atoms with Crippen LogP contribution in [0.5, 0.6) is 5.75 Å². The average molecular weight is 451 g/mol. The summed E-state index contributed by atoms with van der Waals surface area (Å²) in [5.41, 5.74) is 0.995. The van der Waals surface area contributed by atoms with E-state index in [2.05, 4.69) is 15.4 Å². The number of carbonyl (C=O) groups excluding carboxylic acids is 1. The topological polar surface area (TPSA) is 103 Å². The number of carbonyl (C=O) groups is 1. The van der Waals surface area contributed by atoms with Gasteiger partial charge in [-0.2, -0.15) is 0 Å². The molecule has 1 aromatic heterocycles. The van der Waals surface area contributed by atoms with E-state index in [0.29, 0.717) is 6.54 Å². The van der Waals surface area contributed by atoms with Gasteiger partial charge in [0.2, 0.25) is 11.9 Å². The van der Waals surface area contributed by atoms with Gasteiger partial charge in [-0.25, -0.2) is 18.1 Å². The first-order valence-corrected chi connectivity index (χ1v) is 11.6. The maximum Gasteiger partial charge on any atom is 0.248 e. The number of anilines is 1. The monoisotopic (exact) mass is 450 g/mol. The smallest absolute Gasteiger partial charge is 0.248 e. The van der Waals surface area contributed by atoms with Crippen molar-refractivity contribution in [3.05, 3.63) is 78.6 Å². The van der Waals surface area contributed by atoms with Crippen LogP contribution in [0, 0.1) is 0 Å². The van der Waals surface area contributed by atoms with E-state index in [-0.39, 0.29) is 23.0 Å². The number of rotatable bonds is 8. The normalized spacial score (nSPS) is 11.4. The number of hydrogen-bond donors (Lipinski definition) is 1. The summed E-state index contributed by atoms with van der Waals surface area (Å²) in [6.45, 7) is 0.475. The van der Waals surface area contributed by atoms with E-state index in [0.717, 1.165) is 22.1 Å². The molecule has 1 amide bonds. The Morgan fingerprint density at radius 2 is 1.78 bits per heavy atom. The number of sulfone groups is 1. The number of methoxy groups -OCH3 is 1. The Kier molecular flexibility index (Phi) is 6.18. The minimum atomic E-state index is -3.60. The van der Waals surface area contributed by atoms with E-state index in [9.17, 15) is 13.2 Å². The standard InChI is InChI=1S/C23H22N4O4S/c1-31-20-9-6-17(7-10-20)15-27-16-24-23(26-27)25-22(28)12-13-32(29,30)21-11-8-18-4-2-3-5-19(18)14-21/h2-11,14,16H,12-13,15H2,1H3,(H,25,26,28). The first kappa shape index (κ1) is 21.5. The first-order chi connectivity index (χ1) is 15.4. The third-order valence-electron chi connectivity index (χ3n) is 4.97. The largest absolute Gasteiger partial charge is 0.497 e. The lowest BCUT2D eigenvalue weighted by Crippen LogP contribution is -2.18. The Morgan fingerprint density at radius 3 is 2.53 bits per heavy atom. The number of benzene rings is 3. The molecule has 0 bridgehead atoms.